The molecule has 0 bridgehead atoms. The van der Waals surface area contributed by atoms with Crippen LogP contribution in [0.1, 0.15) is 36.2 Å². The Morgan fingerprint density at radius 3 is 2.52 bits per heavy atom. The van der Waals surface area contributed by atoms with Crippen molar-refractivity contribution in [2.45, 2.75) is 39.7 Å². The van der Waals surface area contributed by atoms with Gasteiger partial charge in [-0.15, -0.1) is 0 Å². The van der Waals surface area contributed by atoms with Crippen molar-refractivity contribution in [3.05, 3.63) is 83.7 Å². The highest BCUT2D eigenvalue weighted by Crippen LogP contribution is 2.40. The third kappa shape index (κ3) is 3.58. The first-order valence-electron chi connectivity index (χ1n) is 10.5. The molecular weight excluding hydrogens is 389 g/mol. The van der Waals surface area contributed by atoms with Crippen LogP contribution in [-0.2, 0) is 6.42 Å². The van der Waals surface area contributed by atoms with Crippen LogP contribution in [0.25, 0.3) is 16.9 Å². The van der Waals surface area contributed by atoms with E-state index in [1.807, 2.05) is 59.0 Å². The van der Waals surface area contributed by atoms with Crippen LogP contribution >= 0.6 is 0 Å². The summed E-state index contributed by atoms with van der Waals surface area (Å²) in [6.07, 6.45) is 7.51. The summed E-state index contributed by atoms with van der Waals surface area (Å²) in [6.45, 7) is 6.19. The van der Waals surface area contributed by atoms with E-state index in [-0.39, 0.29) is 11.9 Å². The van der Waals surface area contributed by atoms with Gasteiger partial charge in [-0.05, 0) is 68.7 Å². The normalized spacial score (nSPS) is 15.6. The maximum Gasteiger partial charge on any atom is 0.158 e. The van der Waals surface area contributed by atoms with Crippen LogP contribution in [-0.4, -0.2) is 25.0 Å². The Bertz CT molecular complexity index is 1270. The Hall–Kier alpha value is -3.54. The van der Waals surface area contributed by atoms with E-state index in [1.165, 1.54) is 12.1 Å². The van der Waals surface area contributed by atoms with E-state index in [0.717, 1.165) is 58.1 Å². The third-order valence-corrected chi connectivity index (χ3v) is 5.85. The van der Waals surface area contributed by atoms with Gasteiger partial charge in [0.2, 0.25) is 0 Å². The molecule has 3 aromatic heterocycles. The van der Waals surface area contributed by atoms with E-state index < -0.39 is 0 Å². The molecule has 4 aromatic rings. The molecule has 0 radical (unpaired) electrons. The Morgan fingerprint density at radius 1 is 1.06 bits per heavy atom. The Labute approximate surface area is 180 Å². The first-order valence-corrected chi connectivity index (χ1v) is 10.5. The molecule has 156 valence electrons. The highest BCUT2D eigenvalue weighted by atomic mass is 19.1. The lowest BCUT2D eigenvalue weighted by atomic mass is 9.98. The topological polar surface area (TPSA) is 48.0 Å². The summed E-state index contributed by atoms with van der Waals surface area (Å²) in [7, 11) is 0. The zero-order valence-electron chi connectivity index (χ0n) is 17.9. The maximum atomic E-state index is 13.3. The Kier molecular flexibility index (Phi) is 4.77. The second kappa shape index (κ2) is 7.61. The minimum absolute atomic E-state index is 0.151. The number of aryl methyl sites for hydroxylation is 2. The second-order valence-corrected chi connectivity index (χ2v) is 8.21. The number of benzene rings is 1. The molecule has 1 atom stereocenters. The van der Waals surface area contributed by atoms with Gasteiger partial charge in [-0.25, -0.2) is 19.0 Å². The minimum Gasteiger partial charge on any atom is -0.309 e. The summed E-state index contributed by atoms with van der Waals surface area (Å²) in [5.74, 6) is 1.56. The number of nitrogens with zero attached hydrogens (tertiary/aromatic N) is 5. The lowest BCUT2D eigenvalue weighted by molar-refractivity contribution is 0.457. The van der Waals surface area contributed by atoms with Crippen molar-refractivity contribution in [3.8, 4) is 16.9 Å². The molecule has 5 rings (SSSR count). The van der Waals surface area contributed by atoms with Gasteiger partial charge in [0.05, 0.1) is 17.3 Å². The number of pyridine rings is 1. The molecule has 0 saturated heterocycles. The number of aliphatic imine (C=N–C) groups is 1. The highest BCUT2D eigenvalue weighted by molar-refractivity contribution is 5.90. The van der Waals surface area contributed by atoms with Gasteiger partial charge in [-0.2, -0.15) is 5.10 Å². The van der Waals surface area contributed by atoms with E-state index in [4.69, 9.17) is 10.1 Å². The zero-order valence-corrected chi connectivity index (χ0v) is 17.9. The second-order valence-electron chi connectivity index (χ2n) is 8.21. The summed E-state index contributed by atoms with van der Waals surface area (Å²) >= 11 is 0. The lowest BCUT2D eigenvalue weighted by Gasteiger charge is -2.23. The van der Waals surface area contributed by atoms with Crippen LogP contribution in [0.15, 0.2) is 66.0 Å². The average molecular weight is 414 g/mol. The van der Waals surface area contributed by atoms with Gasteiger partial charge in [-0.1, -0.05) is 12.1 Å². The predicted octanol–water partition coefficient (Wildman–Crippen LogP) is 5.77. The van der Waals surface area contributed by atoms with Crippen molar-refractivity contribution in [3.63, 3.8) is 0 Å². The molecule has 4 heterocycles. The third-order valence-electron chi connectivity index (χ3n) is 5.85. The molecule has 0 spiro atoms. The van der Waals surface area contributed by atoms with Gasteiger partial charge in [0.25, 0.3) is 0 Å². The van der Waals surface area contributed by atoms with Crippen LogP contribution in [0.5, 0.6) is 0 Å². The molecule has 31 heavy (non-hydrogen) atoms. The lowest BCUT2D eigenvalue weighted by Crippen LogP contribution is -2.20. The Morgan fingerprint density at radius 2 is 1.81 bits per heavy atom. The molecule has 6 heteroatoms. The monoisotopic (exact) mass is 413 g/mol. The van der Waals surface area contributed by atoms with Crippen molar-refractivity contribution in [2.24, 2.45) is 4.99 Å². The molecule has 0 amide bonds. The summed E-state index contributed by atoms with van der Waals surface area (Å²) in [6, 6.07) is 12.9. The standard InChI is InChI=1S/C25H24FN5/c1-16-12-23(30-10-4-5-11-30)27-15-22(16)24-18(3)29-31-21(13-17(2)28-25(24)31)14-19-6-8-20(26)9-7-19/h4-12,15,21H,13-14H2,1-3H3. The van der Waals surface area contributed by atoms with Crippen LogP contribution in [0.2, 0.25) is 0 Å². The smallest absolute Gasteiger partial charge is 0.158 e. The van der Waals surface area contributed by atoms with Crippen molar-refractivity contribution in [1.82, 2.24) is 19.3 Å². The van der Waals surface area contributed by atoms with E-state index in [9.17, 15) is 4.39 Å². The molecular formula is C25H24FN5. The van der Waals surface area contributed by atoms with Crippen LogP contribution < -0.4 is 0 Å². The molecule has 0 aliphatic carbocycles. The Balaban J connectivity index is 1.55. The van der Waals surface area contributed by atoms with E-state index in [2.05, 4.69) is 24.9 Å². The summed E-state index contributed by atoms with van der Waals surface area (Å²) in [5.41, 5.74) is 6.33. The van der Waals surface area contributed by atoms with E-state index in [1.54, 1.807) is 0 Å². The number of rotatable bonds is 4. The van der Waals surface area contributed by atoms with Gasteiger partial charge in [0, 0.05) is 36.3 Å². The van der Waals surface area contributed by atoms with E-state index >= 15 is 0 Å². The fourth-order valence-corrected chi connectivity index (χ4v) is 4.35. The average Bonchev–Trinajstić information content (AvgIpc) is 3.38. The SMILES string of the molecule is CC1=Nc2c(-c3cnc(-n4cccc4)cc3C)c(C)nn2C(Cc2ccc(F)cc2)C1. The van der Waals surface area contributed by atoms with Gasteiger partial charge in [0.1, 0.15) is 11.6 Å². The van der Waals surface area contributed by atoms with Crippen LogP contribution in [0.4, 0.5) is 10.2 Å². The molecule has 5 nitrogen and oxygen atoms in total. The number of hydrogen-bond acceptors (Lipinski definition) is 3. The number of aromatic nitrogens is 4. The quantitative estimate of drug-likeness (QED) is 0.426. The van der Waals surface area contributed by atoms with Gasteiger partial charge in [-0.3, -0.25) is 0 Å². The first-order chi connectivity index (χ1) is 15.0. The predicted molar refractivity (Wildman–Crippen MR) is 121 cm³/mol. The molecule has 1 unspecified atom stereocenters. The van der Waals surface area contributed by atoms with Crippen LogP contribution in [0.3, 0.4) is 0 Å². The zero-order chi connectivity index (χ0) is 21.5. The first kappa shape index (κ1) is 19.4. The van der Waals surface area contributed by atoms with Crippen molar-refractivity contribution < 1.29 is 4.39 Å². The van der Waals surface area contributed by atoms with E-state index in [0.29, 0.717) is 0 Å². The number of halogens is 1. The largest absolute Gasteiger partial charge is 0.309 e. The maximum absolute atomic E-state index is 13.3. The van der Waals surface area contributed by atoms with Crippen LogP contribution in [0, 0.1) is 19.7 Å². The summed E-state index contributed by atoms with van der Waals surface area (Å²) < 4.78 is 17.4. The molecule has 0 N–H and O–H groups in total. The highest BCUT2D eigenvalue weighted by Gasteiger charge is 2.27. The van der Waals surface area contributed by atoms with Gasteiger partial charge >= 0.3 is 0 Å². The molecule has 0 fully saturated rings. The summed E-state index contributed by atoms with van der Waals surface area (Å²) in [4.78, 5) is 9.57. The van der Waals surface area contributed by atoms with Crippen molar-refractivity contribution in [1.29, 1.82) is 0 Å². The fraction of sp³-hybridized carbons (Fsp3) is 0.240. The fourth-order valence-electron chi connectivity index (χ4n) is 4.35. The minimum atomic E-state index is -0.214. The van der Waals surface area contributed by atoms with Gasteiger partial charge < -0.3 is 4.57 Å². The molecule has 1 aromatic carbocycles. The van der Waals surface area contributed by atoms with Crippen molar-refractivity contribution >= 4 is 11.5 Å². The molecule has 0 saturated carbocycles. The summed E-state index contributed by atoms with van der Waals surface area (Å²) in [5, 5.41) is 4.87. The number of hydrogen-bond donors (Lipinski definition) is 0. The van der Waals surface area contributed by atoms with Gasteiger partial charge in [0.15, 0.2) is 5.82 Å². The molecule has 1 aliphatic rings. The van der Waals surface area contributed by atoms with Crippen molar-refractivity contribution in [2.75, 3.05) is 0 Å². The molecule has 1 aliphatic heterocycles. The number of fused-ring (bicyclic) bond motifs is 1.